The lowest BCUT2D eigenvalue weighted by Crippen LogP contribution is -2.74. The number of benzene rings is 3. The molecule has 3 aromatic rings. The molecule has 5 amide bonds. The van der Waals surface area contributed by atoms with Crippen LogP contribution in [-0.2, 0) is 9.59 Å². The predicted octanol–water partition coefficient (Wildman–Crippen LogP) is 5.54. The Balaban J connectivity index is 0.819. The van der Waals surface area contributed by atoms with Crippen LogP contribution in [0.5, 0.6) is 5.75 Å². The van der Waals surface area contributed by atoms with Crippen molar-refractivity contribution in [3.05, 3.63) is 87.4 Å². The number of halogens is 3. The quantitative estimate of drug-likeness (QED) is 0.262. The van der Waals surface area contributed by atoms with E-state index in [4.69, 9.17) is 16.3 Å². The Labute approximate surface area is 357 Å². The van der Waals surface area contributed by atoms with Crippen molar-refractivity contribution in [1.82, 2.24) is 20.4 Å². The standard InChI is InChI=1S/C45H48ClF2N7O6/c1-44(2)42(45(3,4)43(44)61-29-7-5-26(23-49)32(46)22-29)51-39(58)37-33(47)20-28(21-34(37)48)53-13-11-25(12-14-53)24-52-15-17-54(18-16-52)27-6-8-30-31(19-27)41(60)55(40(30)59)35-9-10-36(56)50-38(35)57/h5-8,19-22,25,35,42-43H,9-18,24H2,1-4H3,(H,51,58)(H,50,56,57). The van der Waals surface area contributed by atoms with Crippen LogP contribution in [0.25, 0.3) is 0 Å². The molecule has 8 rings (SSSR count). The van der Waals surface area contributed by atoms with E-state index in [1.165, 1.54) is 12.1 Å². The van der Waals surface area contributed by atoms with E-state index in [2.05, 4.69) is 20.4 Å². The molecular formula is C45H48ClF2N7O6. The highest BCUT2D eigenvalue weighted by Gasteiger charge is 2.64. The lowest BCUT2D eigenvalue weighted by Gasteiger charge is -2.63. The second-order valence-electron chi connectivity index (χ2n) is 18.0. The molecule has 61 heavy (non-hydrogen) atoms. The minimum absolute atomic E-state index is 0.0624. The Morgan fingerprint density at radius 3 is 2.11 bits per heavy atom. The smallest absolute Gasteiger partial charge is 0.262 e. The zero-order valence-corrected chi connectivity index (χ0v) is 35.3. The third-order valence-corrected chi connectivity index (χ3v) is 13.7. The summed E-state index contributed by atoms with van der Waals surface area (Å²) < 4.78 is 37.6. The summed E-state index contributed by atoms with van der Waals surface area (Å²) in [6.07, 6.45) is 1.46. The van der Waals surface area contributed by atoms with E-state index in [1.807, 2.05) is 44.7 Å². The number of piperazine rings is 1. The summed E-state index contributed by atoms with van der Waals surface area (Å²) in [7, 11) is 0. The first-order valence-corrected chi connectivity index (χ1v) is 21.1. The van der Waals surface area contributed by atoms with Gasteiger partial charge in [0.25, 0.3) is 17.7 Å². The summed E-state index contributed by atoms with van der Waals surface area (Å²) in [5, 5.41) is 14.6. The highest BCUT2D eigenvalue weighted by molar-refractivity contribution is 6.31. The molecule has 5 aliphatic rings. The SMILES string of the molecule is CC1(C)C(NC(=O)c2c(F)cc(N3CCC(CN4CCN(c5ccc6c(c5)C(=O)N(C5CCC(=O)NC5=O)C6=O)CC4)CC3)cc2F)C(C)(C)C1Oc1ccc(C#N)c(Cl)c1. The Morgan fingerprint density at radius 1 is 0.852 bits per heavy atom. The molecule has 0 spiro atoms. The van der Waals surface area contributed by atoms with Crippen molar-refractivity contribution in [2.75, 3.05) is 55.6 Å². The van der Waals surface area contributed by atoms with Gasteiger partial charge in [-0.15, -0.1) is 0 Å². The number of rotatable bonds is 9. The molecule has 3 aromatic carbocycles. The number of fused-ring (bicyclic) bond motifs is 1. The van der Waals surface area contributed by atoms with Crippen LogP contribution in [0.3, 0.4) is 0 Å². The summed E-state index contributed by atoms with van der Waals surface area (Å²) in [5.74, 6) is -3.92. The maximum atomic E-state index is 15.6. The van der Waals surface area contributed by atoms with Crippen LogP contribution < -0.4 is 25.2 Å². The molecule has 0 aromatic heterocycles. The number of amides is 5. The number of nitrogens with one attached hydrogen (secondary N) is 2. The van der Waals surface area contributed by atoms with Gasteiger partial charge in [-0.2, -0.15) is 5.26 Å². The van der Waals surface area contributed by atoms with Crippen molar-refractivity contribution in [2.45, 2.75) is 71.6 Å². The van der Waals surface area contributed by atoms with Gasteiger partial charge in [-0.3, -0.25) is 39.1 Å². The van der Waals surface area contributed by atoms with E-state index in [9.17, 15) is 29.2 Å². The average molecular weight is 856 g/mol. The number of nitrogens with zero attached hydrogens (tertiary/aromatic N) is 5. The van der Waals surface area contributed by atoms with E-state index < -0.39 is 69.6 Å². The third kappa shape index (κ3) is 7.69. The molecule has 1 atom stereocenters. The second-order valence-corrected chi connectivity index (χ2v) is 18.4. The fourth-order valence-electron chi connectivity index (χ4n) is 10.3. The van der Waals surface area contributed by atoms with Gasteiger partial charge < -0.3 is 19.9 Å². The molecule has 3 saturated heterocycles. The number of piperidine rings is 2. The molecule has 4 aliphatic heterocycles. The van der Waals surface area contributed by atoms with Crippen LogP contribution in [0.2, 0.25) is 5.02 Å². The van der Waals surface area contributed by atoms with Gasteiger partial charge in [0.1, 0.15) is 41.2 Å². The molecule has 0 bridgehead atoms. The van der Waals surface area contributed by atoms with Crippen LogP contribution in [0.4, 0.5) is 20.2 Å². The minimum Gasteiger partial charge on any atom is -0.489 e. The molecule has 320 valence electrons. The van der Waals surface area contributed by atoms with Crippen LogP contribution in [0, 0.1) is 39.7 Å². The second kappa shape index (κ2) is 16.0. The zero-order chi connectivity index (χ0) is 43.5. The summed E-state index contributed by atoms with van der Waals surface area (Å²) in [4.78, 5) is 71.5. The number of imide groups is 2. The fraction of sp³-hybridized carbons (Fsp3) is 0.467. The molecule has 1 saturated carbocycles. The summed E-state index contributed by atoms with van der Waals surface area (Å²) >= 11 is 6.21. The van der Waals surface area contributed by atoms with Crippen molar-refractivity contribution in [3.8, 4) is 11.8 Å². The summed E-state index contributed by atoms with van der Waals surface area (Å²) in [6.45, 7) is 12.8. The van der Waals surface area contributed by atoms with Crippen molar-refractivity contribution in [2.24, 2.45) is 16.7 Å². The van der Waals surface area contributed by atoms with Crippen LogP contribution in [0.1, 0.15) is 90.0 Å². The van der Waals surface area contributed by atoms with Crippen LogP contribution in [0.15, 0.2) is 48.5 Å². The molecule has 16 heteroatoms. The number of anilines is 2. The number of hydrogen-bond acceptors (Lipinski definition) is 10. The number of carbonyl (C=O) groups is 5. The first kappa shape index (κ1) is 42.1. The van der Waals surface area contributed by atoms with E-state index >= 15 is 8.78 Å². The van der Waals surface area contributed by atoms with E-state index in [0.717, 1.165) is 43.1 Å². The number of ether oxygens (including phenoxy) is 1. The first-order valence-electron chi connectivity index (χ1n) is 20.7. The lowest BCUT2D eigenvalue weighted by atomic mass is 9.49. The predicted molar refractivity (Wildman–Crippen MR) is 222 cm³/mol. The molecule has 4 fully saturated rings. The molecular weight excluding hydrogens is 808 g/mol. The van der Waals surface area contributed by atoms with Gasteiger partial charge in [0.2, 0.25) is 11.8 Å². The average Bonchev–Trinajstić information content (AvgIpc) is 3.47. The normalized spacial score (nSPS) is 23.9. The van der Waals surface area contributed by atoms with E-state index in [0.29, 0.717) is 49.1 Å². The molecule has 0 radical (unpaired) electrons. The van der Waals surface area contributed by atoms with Gasteiger partial charge in [-0.25, -0.2) is 8.78 Å². The fourth-order valence-corrected chi connectivity index (χ4v) is 10.6. The topological polar surface area (TPSA) is 155 Å². The maximum Gasteiger partial charge on any atom is 0.262 e. The van der Waals surface area contributed by atoms with Gasteiger partial charge in [0.05, 0.1) is 21.7 Å². The van der Waals surface area contributed by atoms with Gasteiger partial charge in [-0.1, -0.05) is 39.3 Å². The van der Waals surface area contributed by atoms with Crippen molar-refractivity contribution < 1.29 is 37.5 Å². The number of hydrogen-bond donors (Lipinski definition) is 2. The highest BCUT2D eigenvalue weighted by atomic mass is 35.5. The largest absolute Gasteiger partial charge is 0.489 e. The van der Waals surface area contributed by atoms with Crippen LogP contribution in [-0.4, -0.2) is 103 Å². The van der Waals surface area contributed by atoms with Crippen molar-refractivity contribution >= 4 is 52.5 Å². The van der Waals surface area contributed by atoms with E-state index in [1.54, 1.807) is 30.3 Å². The minimum atomic E-state index is -1.01. The van der Waals surface area contributed by atoms with Gasteiger partial charge >= 0.3 is 0 Å². The third-order valence-electron chi connectivity index (χ3n) is 13.3. The lowest BCUT2D eigenvalue weighted by molar-refractivity contribution is -0.164. The zero-order valence-electron chi connectivity index (χ0n) is 34.5. The summed E-state index contributed by atoms with van der Waals surface area (Å²) in [5.41, 5.74) is 0.214. The Kier molecular flexibility index (Phi) is 11.1. The summed E-state index contributed by atoms with van der Waals surface area (Å²) in [6, 6.07) is 13.0. The number of carbonyl (C=O) groups excluding carboxylic acids is 5. The van der Waals surface area contributed by atoms with Gasteiger partial charge in [-0.05, 0) is 67.6 Å². The molecule has 1 aliphatic carbocycles. The maximum absolute atomic E-state index is 15.6. The van der Waals surface area contributed by atoms with Gasteiger partial charge in [0.15, 0.2) is 0 Å². The van der Waals surface area contributed by atoms with Crippen molar-refractivity contribution in [1.29, 1.82) is 5.26 Å². The van der Waals surface area contributed by atoms with Crippen molar-refractivity contribution in [3.63, 3.8) is 0 Å². The molecule has 1 unspecified atom stereocenters. The monoisotopic (exact) mass is 855 g/mol. The number of nitriles is 1. The molecule has 2 N–H and O–H groups in total. The first-order chi connectivity index (χ1) is 29.0. The van der Waals surface area contributed by atoms with Crippen LogP contribution >= 0.6 is 11.6 Å². The Bertz CT molecular complexity index is 2330. The van der Waals surface area contributed by atoms with E-state index in [-0.39, 0.29) is 35.1 Å². The molecule has 4 heterocycles. The molecule has 13 nitrogen and oxygen atoms in total. The Morgan fingerprint density at radius 2 is 1.49 bits per heavy atom. The highest BCUT2D eigenvalue weighted by Crippen LogP contribution is 2.55. The van der Waals surface area contributed by atoms with Gasteiger partial charge in [0, 0.05) is 86.5 Å². The Hall–Kier alpha value is -5.59.